The first-order valence-corrected chi connectivity index (χ1v) is 9.73. The lowest BCUT2D eigenvalue weighted by molar-refractivity contribution is -0.135. The maximum absolute atomic E-state index is 11.8. The molecule has 5 nitrogen and oxygen atoms in total. The molecule has 0 aliphatic carbocycles. The zero-order chi connectivity index (χ0) is 22.7. The molecule has 3 aromatic rings. The SMILES string of the molecule is C=C(C)C(=O)O/C(C)=C(\C)Oc1ccc2c(ccc3cc(OC(=O)C(=C)C)ccc32)c1. The number of carbonyl (C=O) groups excluding carboxylic acids is 2. The molecule has 0 saturated carbocycles. The summed E-state index contributed by atoms with van der Waals surface area (Å²) in [6.07, 6.45) is 0. The normalized spacial score (nSPS) is 11.6. The van der Waals surface area contributed by atoms with Crippen LogP contribution in [-0.4, -0.2) is 11.9 Å². The summed E-state index contributed by atoms with van der Waals surface area (Å²) in [6, 6.07) is 15.2. The highest BCUT2D eigenvalue weighted by Crippen LogP contribution is 2.31. The van der Waals surface area contributed by atoms with Crippen LogP contribution in [0.5, 0.6) is 11.5 Å². The number of fused-ring (bicyclic) bond motifs is 3. The first kappa shape index (κ1) is 21.8. The Hall–Kier alpha value is -3.86. The van der Waals surface area contributed by atoms with Gasteiger partial charge in [0, 0.05) is 11.1 Å². The van der Waals surface area contributed by atoms with Crippen LogP contribution in [-0.2, 0) is 14.3 Å². The first-order chi connectivity index (χ1) is 14.7. The molecular weight excluding hydrogens is 392 g/mol. The van der Waals surface area contributed by atoms with Crippen LogP contribution < -0.4 is 9.47 Å². The summed E-state index contributed by atoms with van der Waals surface area (Å²) < 4.78 is 16.4. The van der Waals surface area contributed by atoms with Gasteiger partial charge in [0.15, 0.2) is 0 Å². The molecule has 0 aliphatic rings. The maximum atomic E-state index is 11.8. The van der Waals surface area contributed by atoms with Gasteiger partial charge in [-0.05, 0) is 73.5 Å². The van der Waals surface area contributed by atoms with Gasteiger partial charge in [0.25, 0.3) is 0 Å². The quantitative estimate of drug-likeness (QED) is 0.157. The standard InChI is InChI=1S/C26H24O5/c1-15(2)25(27)30-18(6)17(5)29-21-9-11-23-19(13-21)7-8-20-14-22(10-12-24(20)23)31-26(28)16(3)4/h7-14H,1,3H2,2,4-6H3/b18-17+. The molecule has 0 aromatic heterocycles. The van der Waals surface area contributed by atoms with E-state index >= 15 is 0 Å². The van der Waals surface area contributed by atoms with Crippen LogP contribution in [0.2, 0.25) is 0 Å². The minimum Gasteiger partial charge on any atom is -0.458 e. The van der Waals surface area contributed by atoms with Crippen molar-refractivity contribution in [1.29, 1.82) is 0 Å². The summed E-state index contributed by atoms with van der Waals surface area (Å²) in [5.41, 5.74) is 0.669. The lowest BCUT2D eigenvalue weighted by Gasteiger charge is -2.12. The molecular formula is C26H24O5. The Morgan fingerprint density at radius 2 is 1.13 bits per heavy atom. The van der Waals surface area contributed by atoms with Crippen LogP contribution in [0, 0.1) is 0 Å². The van der Waals surface area contributed by atoms with E-state index in [9.17, 15) is 9.59 Å². The molecule has 3 aromatic carbocycles. The summed E-state index contributed by atoms with van der Waals surface area (Å²) in [6.45, 7) is 13.8. The summed E-state index contributed by atoms with van der Waals surface area (Å²) in [5.74, 6) is 1.03. The van der Waals surface area contributed by atoms with Crippen molar-refractivity contribution in [3.05, 3.63) is 84.4 Å². The van der Waals surface area contributed by atoms with Gasteiger partial charge < -0.3 is 14.2 Å². The van der Waals surface area contributed by atoms with E-state index in [1.807, 2.05) is 42.5 Å². The van der Waals surface area contributed by atoms with E-state index in [1.54, 1.807) is 33.8 Å². The van der Waals surface area contributed by atoms with Gasteiger partial charge >= 0.3 is 11.9 Å². The second-order valence-corrected chi connectivity index (χ2v) is 7.39. The Morgan fingerprint density at radius 1 is 0.645 bits per heavy atom. The highest BCUT2D eigenvalue weighted by molar-refractivity contribution is 6.08. The van der Waals surface area contributed by atoms with Gasteiger partial charge in [-0.1, -0.05) is 37.4 Å². The van der Waals surface area contributed by atoms with Crippen LogP contribution in [0.15, 0.2) is 84.4 Å². The van der Waals surface area contributed by atoms with Crippen LogP contribution in [0.3, 0.4) is 0 Å². The third-order valence-electron chi connectivity index (χ3n) is 4.70. The lowest BCUT2D eigenvalue weighted by Crippen LogP contribution is -2.07. The van der Waals surface area contributed by atoms with Crippen molar-refractivity contribution in [2.24, 2.45) is 0 Å². The fourth-order valence-corrected chi connectivity index (χ4v) is 2.90. The minimum absolute atomic E-state index is 0.322. The number of carbonyl (C=O) groups is 2. The van der Waals surface area contributed by atoms with E-state index in [4.69, 9.17) is 14.2 Å². The van der Waals surface area contributed by atoms with Crippen molar-refractivity contribution in [1.82, 2.24) is 0 Å². The molecule has 0 bridgehead atoms. The van der Waals surface area contributed by atoms with Crippen molar-refractivity contribution in [3.8, 4) is 11.5 Å². The van der Waals surface area contributed by atoms with E-state index in [0.29, 0.717) is 34.2 Å². The van der Waals surface area contributed by atoms with E-state index in [0.717, 1.165) is 21.5 Å². The van der Waals surface area contributed by atoms with Gasteiger partial charge in [-0.3, -0.25) is 0 Å². The predicted molar refractivity (Wildman–Crippen MR) is 122 cm³/mol. The second kappa shape index (κ2) is 8.88. The fraction of sp³-hybridized carbons (Fsp3) is 0.154. The molecule has 0 aliphatic heterocycles. The number of rotatable bonds is 6. The van der Waals surface area contributed by atoms with Crippen molar-refractivity contribution >= 4 is 33.5 Å². The van der Waals surface area contributed by atoms with Crippen molar-refractivity contribution in [2.75, 3.05) is 0 Å². The molecule has 0 N–H and O–H groups in total. The van der Waals surface area contributed by atoms with Gasteiger partial charge in [-0.2, -0.15) is 0 Å². The fourth-order valence-electron chi connectivity index (χ4n) is 2.90. The van der Waals surface area contributed by atoms with Crippen molar-refractivity contribution < 1.29 is 23.8 Å². The van der Waals surface area contributed by atoms with E-state index in [1.165, 1.54) is 0 Å². The van der Waals surface area contributed by atoms with Crippen molar-refractivity contribution in [2.45, 2.75) is 27.7 Å². The van der Waals surface area contributed by atoms with Gasteiger partial charge in [-0.25, -0.2) is 9.59 Å². The Morgan fingerprint density at radius 3 is 1.61 bits per heavy atom. The van der Waals surface area contributed by atoms with E-state index in [-0.39, 0.29) is 0 Å². The van der Waals surface area contributed by atoms with Crippen LogP contribution >= 0.6 is 0 Å². The third-order valence-corrected chi connectivity index (χ3v) is 4.70. The molecule has 0 amide bonds. The van der Waals surface area contributed by atoms with Gasteiger partial charge in [-0.15, -0.1) is 0 Å². The molecule has 0 radical (unpaired) electrons. The monoisotopic (exact) mass is 416 g/mol. The van der Waals surface area contributed by atoms with Crippen LogP contribution in [0.4, 0.5) is 0 Å². The zero-order valence-electron chi connectivity index (χ0n) is 18.1. The van der Waals surface area contributed by atoms with Crippen molar-refractivity contribution in [3.63, 3.8) is 0 Å². The second-order valence-electron chi connectivity index (χ2n) is 7.39. The molecule has 0 saturated heterocycles. The largest absolute Gasteiger partial charge is 0.458 e. The minimum atomic E-state index is -0.487. The third kappa shape index (κ3) is 5.01. The molecule has 158 valence electrons. The van der Waals surface area contributed by atoms with E-state index in [2.05, 4.69) is 13.2 Å². The molecule has 5 heteroatoms. The molecule has 0 spiro atoms. The molecule has 0 fully saturated rings. The van der Waals surface area contributed by atoms with Gasteiger partial charge in [0.2, 0.25) is 0 Å². The average Bonchev–Trinajstić information content (AvgIpc) is 2.72. The predicted octanol–water partition coefficient (Wildman–Crippen LogP) is 6.22. The first-order valence-electron chi connectivity index (χ1n) is 9.73. The van der Waals surface area contributed by atoms with Crippen LogP contribution in [0.1, 0.15) is 27.7 Å². The summed E-state index contributed by atoms with van der Waals surface area (Å²) >= 11 is 0. The Balaban J connectivity index is 1.88. The molecule has 0 heterocycles. The average molecular weight is 416 g/mol. The van der Waals surface area contributed by atoms with Gasteiger partial charge in [0.05, 0.1) is 0 Å². The topological polar surface area (TPSA) is 61.8 Å². The molecule has 3 rings (SSSR count). The summed E-state index contributed by atoms with van der Waals surface area (Å²) in [5, 5.41) is 4.00. The molecule has 0 unspecified atom stereocenters. The van der Waals surface area contributed by atoms with Crippen LogP contribution in [0.25, 0.3) is 21.5 Å². The van der Waals surface area contributed by atoms with Gasteiger partial charge in [0.1, 0.15) is 23.0 Å². The highest BCUT2D eigenvalue weighted by Gasteiger charge is 2.10. The number of hydrogen-bond acceptors (Lipinski definition) is 5. The zero-order valence-corrected chi connectivity index (χ0v) is 18.1. The Kier molecular flexibility index (Phi) is 6.25. The molecule has 31 heavy (non-hydrogen) atoms. The number of ether oxygens (including phenoxy) is 3. The Labute approximate surface area is 181 Å². The van der Waals surface area contributed by atoms with E-state index < -0.39 is 11.9 Å². The smallest absolute Gasteiger partial charge is 0.338 e. The maximum Gasteiger partial charge on any atom is 0.338 e. The number of esters is 2. The molecule has 0 atom stereocenters. The highest BCUT2D eigenvalue weighted by atomic mass is 16.6. The number of hydrogen-bond donors (Lipinski definition) is 0. The number of benzene rings is 3. The summed E-state index contributed by atoms with van der Waals surface area (Å²) in [4.78, 5) is 23.4. The summed E-state index contributed by atoms with van der Waals surface area (Å²) in [7, 11) is 0. The number of allylic oxidation sites excluding steroid dienone is 2. The lowest BCUT2D eigenvalue weighted by atomic mass is 10.0. The Bertz CT molecular complexity index is 1260.